The Kier molecular flexibility index (Phi) is 4.02. The first kappa shape index (κ1) is 13.8. The van der Waals surface area contributed by atoms with E-state index in [9.17, 15) is 4.79 Å². The highest BCUT2D eigenvalue weighted by atomic mass is 16.2. The Morgan fingerprint density at radius 3 is 2.00 bits per heavy atom. The molecule has 108 valence electrons. The summed E-state index contributed by atoms with van der Waals surface area (Å²) in [5.74, 6) is 0.180. The summed E-state index contributed by atoms with van der Waals surface area (Å²) in [6, 6.07) is 20.3. The molecule has 1 fully saturated rings. The van der Waals surface area contributed by atoms with Gasteiger partial charge in [-0.05, 0) is 17.5 Å². The van der Waals surface area contributed by atoms with Crippen molar-refractivity contribution in [3.8, 4) is 0 Å². The van der Waals surface area contributed by atoms with Gasteiger partial charge < -0.3 is 4.90 Å². The molecule has 0 aromatic heterocycles. The Balaban J connectivity index is 1.67. The summed E-state index contributed by atoms with van der Waals surface area (Å²) in [5.41, 5.74) is 2.44. The van der Waals surface area contributed by atoms with Crippen LogP contribution < -0.4 is 5.32 Å². The lowest BCUT2D eigenvalue weighted by atomic mass is 10.1. The molecule has 2 atom stereocenters. The van der Waals surface area contributed by atoms with Crippen LogP contribution in [0.1, 0.15) is 11.1 Å². The number of nitrogens with zero attached hydrogens (tertiary/aromatic N) is 1. The van der Waals surface area contributed by atoms with Gasteiger partial charge in [-0.1, -0.05) is 60.7 Å². The molecule has 0 spiro atoms. The van der Waals surface area contributed by atoms with E-state index in [1.165, 1.54) is 11.1 Å². The molecule has 3 heteroatoms. The quantitative estimate of drug-likeness (QED) is 0.931. The van der Waals surface area contributed by atoms with Gasteiger partial charge in [0.2, 0.25) is 5.91 Å². The minimum absolute atomic E-state index is 0.0774. The highest BCUT2D eigenvalue weighted by Gasteiger charge is 2.36. The second-order valence-electron chi connectivity index (χ2n) is 5.56. The Morgan fingerprint density at radius 2 is 1.43 bits per heavy atom. The van der Waals surface area contributed by atoms with Gasteiger partial charge in [0.1, 0.15) is 0 Å². The maximum atomic E-state index is 12.4. The van der Waals surface area contributed by atoms with Crippen LogP contribution in [0, 0.1) is 0 Å². The number of hydrogen-bond donors (Lipinski definition) is 1. The molecule has 21 heavy (non-hydrogen) atoms. The minimum Gasteiger partial charge on any atom is -0.329 e. The van der Waals surface area contributed by atoms with Crippen LogP contribution in [0.5, 0.6) is 0 Å². The zero-order valence-corrected chi connectivity index (χ0v) is 12.2. The number of likely N-dealkylation sites (N-methyl/N-ethyl adjacent to an activating group) is 1. The SMILES string of the molecule is CN1C(=O)[C@H](Cc2ccccc2)N[C@H]1Cc1ccccc1. The lowest BCUT2D eigenvalue weighted by Gasteiger charge is -2.19. The van der Waals surface area contributed by atoms with Gasteiger partial charge in [0.15, 0.2) is 0 Å². The van der Waals surface area contributed by atoms with Crippen LogP contribution in [0.3, 0.4) is 0 Å². The predicted molar refractivity (Wildman–Crippen MR) is 83.8 cm³/mol. The Labute approximate surface area is 125 Å². The lowest BCUT2D eigenvalue weighted by molar-refractivity contribution is -0.128. The summed E-state index contributed by atoms with van der Waals surface area (Å²) in [4.78, 5) is 14.2. The summed E-state index contributed by atoms with van der Waals surface area (Å²) in [7, 11) is 1.88. The van der Waals surface area contributed by atoms with E-state index in [1.54, 1.807) is 0 Å². The van der Waals surface area contributed by atoms with Gasteiger partial charge in [0, 0.05) is 13.5 Å². The van der Waals surface area contributed by atoms with Crippen molar-refractivity contribution >= 4 is 5.91 Å². The minimum atomic E-state index is -0.119. The number of carbonyl (C=O) groups is 1. The van der Waals surface area contributed by atoms with Crippen molar-refractivity contribution in [2.24, 2.45) is 0 Å². The standard InChI is InChI=1S/C18H20N2O/c1-20-17(13-15-10-6-3-7-11-15)19-16(18(20)21)12-14-8-4-2-5-9-14/h2-11,16-17,19H,12-13H2,1H3/t16-,17+/m0/s1. The van der Waals surface area contributed by atoms with Crippen LogP contribution in [0.4, 0.5) is 0 Å². The first-order valence-corrected chi connectivity index (χ1v) is 7.34. The summed E-state index contributed by atoms with van der Waals surface area (Å²) in [6.45, 7) is 0. The largest absolute Gasteiger partial charge is 0.329 e. The number of carbonyl (C=O) groups excluding carboxylic acids is 1. The molecule has 3 rings (SSSR count). The van der Waals surface area contributed by atoms with Crippen molar-refractivity contribution in [1.82, 2.24) is 10.2 Å². The first-order valence-electron chi connectivity index (χ1n) is 7.34. The second kappa shape index (κ2) is 6.10. The smallest absolute Gasteiger partial charge is 0.241 e. The Morgan fingerprint density at radius 1 is 0.905 bits per heavy atom. The van der Waals surface area contributed by atoms with E-state index in [2.05, 4.69) is 29.6 Å². The fraction of sp³-hybridized carbons (Fsp3) is 0.278. The zero-order chi connectivity index (χ0) is 14.7. The van der Waals surface area contributed by atoms with Crippen molar-refractivity contribution in [3.05, 3.63) is 71.8 Å². The molecule has 2 aromatic rings. The molecule has 2 aromatic carbocycles. The lowest BCUT2D eigenvalue weighted by Crippen LogP contribution is -2.37. The first-order chi connectivity index (χ1) is 10.2. The van der Waals surface area contributed by atoms with E-state index < -0.39 is 0 Å². The predicted octanol–water partition coefficient (Wildman–Crippen LogP) is 2.23. The molecule has 3 nitrogen and oxygen atoms in total. The van der Waals surface area contributed by atoms with E-state index >= 15 is 0 Å². The van der Waals surface area contributed by atoms with E-state index in [1.807, 2.05) is 48.3 Å². The number of nitrogens with one attached hydrogen (secondary N) is 1. The summed E-state index contributed by atoms with van der Waals surface area (Å²) < 4.78 is 0. The topological polar surface area (TPSA) is 32.3 Å². The third-order valence-electron chi connectivity index (χ3n) is 4.06. The van der Waals surface area contributed by atoms with Crippen LogP contribution in [0.2, 0.25) is 0 Å². The molecule has 1 N–H and O–H groups in total. The highest BCUT2D eigenvalue weighted by Crippen LogP contribution is 2.16. The summed E-state index contributed by atoms with van der Waals surface area (Å²) >= 11 is 0. The fourth-order valence-corrected chi connectivity index (χ4v) is 2.84. The molecular weight excluding hydrogens is 260 g/mol. The Bertz CT molecular complexity index is 597. The van der Waals surface area contributed by atoms with E-state index in [0.717, 1.165) is 12.8 Å². The summed E-state index contributed by atoms with van der Waals surface area (Å²) in [6.07, 6.45) is 1.66. The van der Waals surface area contributed by atoms with E-state index in [-0.39, 0.29) is 18.1 Å². The fourth-order valence-electron chi connectivity index (χ4n) is 2.84. The normalized spacial score (nSPS) is 21.8. The van der Waals surface area contributed by atoms with Crippen molar-refractivity contribution in [2.45, 2.75) is 25.0 Å². The van der Waals surface area contributed by atoms with Gasteiger partial charge in [-0.2, -0.15) is 0 Å². The average Bonchev–Trinajstić information content (AvgIpc) is 2.78. The van der Waals surface area contributed by atoms with E-state index in [4.69, 9.17) is 0 Å². The molecular formula is C18H20N2O. The number of benzene rings is 2. The third kappa shape index (κ3) is 3.14. The second-order valence-corrected chi connectivity index (χ2v) is 5.56. The molecule has 0 aliphatic carbocycles. The third-order valence-corrected chi connectivity index (χ3v) is 4.06. The molecule has 0 unspecified atom stereocenters. The molecule has 1 aliphatic heterocycles. The highest BCUT2D eigenvalue weighted by molar-refractivity contribution is 5.84. The monoisotopic (exact) mass is 280 g/mol. The summed E-state index contributed by atoms with van der Waals surface area (Å²) in [5, 5.41) is 3.46. The van der Waals surface area contributed by atoms with Crippen LogP contribution in [-0.2, 0) is 17.6 Å². The van der Waals surface area contributed by atoms with Gasteiger partial charge in [-0.3, -0.25) is 10.1 Å². The maximum absolute atomic E-state index is 12.4. The van der Waals surface area contributed by atoms with E-state index in [0.29, 0.717) is 0 Å². The molecule has 0 radical (unpaired) electrons. The zero-order valence-electron chi connectivity index (χ0n) is 12.2. The molecule has 0 bridgehead atoms. The van der Waals surface area contributed by atoms with Gasteiger partial charge in [0.25, 0.3) is 0 Å². The molecule has 1 saturated heterocycles. The van der Waals surface area contributed by atoms with Gasteiger partial charge in [0.05, 0.1) is 12.2 Å². The number of rotatable bonds is 4. The van der Waals surface area contributed by atoms with Crippen molar-refractivity contribution in [2.75, 3.05) is 7.05 Å². The van der Waals surface area contributed by atoms with Crippen LogP contribution in [-0.4, -0.2) is 30.1 Å². The molecule has 1 aliphatic rings. The molecule has 0 saturated carbocycles. The van der Waals surface area contributed by atoms with Gasteiger partial charge in [-0.15, -0.1) is 0 Å². The van der Waals surface area contributed by atoms with Crippen LogP contribution in [0.15, 0.2) is 60.7 Å². The number of hydrogen-bond acceptors (Lipinski definition) is 2. The van der Waals surface area contributed by atoms with Gasteiger partial charge >= 0.3 is 0 Å². The van der Waals surface area contributed by atoms with Crippen molar-refractivity contribution in [3.63, 3.8) is 0 Å². The van der Waals surface area contributed by atoms with Crippen molar-refractivity contribution < 1.29 is 4.79 Å². The van der Waals surface area contributed by atoms with Crippen LogP contribution >= 0.6 is 0 Å². The maximum Gasteiger partial charge on any atom is 0.241 e. The number of amides is 1. The van der Waals surface area contributed by atoms with Gasteiger partial charge in [-0.25, -0.2) is 0 Å². The molecule has 1 heterocycles. The molecule has 1 amide bonds. The van der Waals surface area contributed by atoms with Crippen LogP contribution in [0.25, 0.3) is 0 Å². The average molecular weight is 280 g/mol. The van der Waals surface area contributed by atoms with Crippen molar-refractivity contribution in [1.29, 1.82) is 0 Å². The Hall–Kier alpha value is -2.13.